The standard InChI is InChI=1S/C15H19Cl3N2O2/c1-22-12-7-5-11(6-8-12)13(21)19-14(15(16,17)18)20-9-3-2-4-10-20/h5-8,14H,2-4,9-10H2,1H3,(H,19,21)/t14-/m1/s1. The number of benzene rings is 1. The molecule has 22 heavy (non-hydrogen) atoms. The highest BCUT2D eigenvalue weighted by Gasteiger charge is 2.38. The molecule has 1 aliphatic heterocycles. The third kappa shape index (κ3) is 4.66. The van der Waals surface area contributed by atoms with Gasteiger partial charge in [0.1, 0.15) is 11.9 Å². The Morgan fingerprint density at radius 3 is 2.27 bits per heavy atom. The lowest BCUT2D eigenvalue weighted by atomic mass is 10.1. The highest BCUT2D eigenvalue weighted by molar-refractivity contribution is 6.68. The molecule has 0 spiro atoms. The molecule has 0 radical (unpaired) electrons. The van der Waals surface area contributed by atoms with Gasteiger partial charge in [0.25, 0.3) is 5.91 Å². The number of amides is 1. The third-order valence-electron chi connectivity index (χ3n) is 3.69. The second-order valence-electron chi connectivity index (χ2n) is 5.24. The molecule has 0 bridgehead atoms. The largest absolute Gasteiger partial charge is 0.497 e. The van der Waals surface area contributed by atoms with Crippen LogP contribution in [0, 0.1) is 0 Å². The van der Waals surface area contributed by atoms with Crippen molar-refractivity contribution in [3.63, 3.8) is 0 Å². The van der Waals surface area contributed by atoms with E-state index in [2.05, 4.69) is 5.32 Å². The predicted molar refractivity (Wildman–Crippen MR) is 90.0 cm³/mol. The van der Waals surface area contributed by atoms with E-state index in [1.165, 1.54) is 0 Å². The highest BCUT2D eigenvalue weighted by Crippen LogP contribution is 2.33. The average Bonchev–Trinajstić information content (AvgIpc) is 2.52. The Hall–Kier alpha value is -0.680. The van der Waals surface area contributed by atoms with Crippen LogP contribution in [-0.4, -0.2) is 41.0 Å². The molecule has 1 atom stereocenters. The molecule has 4 nitrogen and oxygen atoms in total. The van der Waals surface area contributed by atoms with Gasteiger partial charge in [-0.25, -0.2) is 0 Å². The van der Waals surface area contributed by atoms with Crippen molar-refractivity contribution in [3.05, 3.63) is 29.8 Å². The molecule has 1 heterocycles. The lowest BCUT2D eigenvalue weighted by molar-refractivity contribution is 0.0819. The summed E-state index contributed by atoms with van der Waals surface area (Å²) in [4.78, 5) is 14.4. The summed E-state index contributed by atoms with van der Waals surface area (Å²) in [5.74, 6) is 0.412. The van der Waals surface area contributed by atoms with E-state index in [0.29, 0.717) is 11.3 Å². The van der Waals surface area contributed by atoms with E-state index in [4.69, 9.17) is 39.5 Å². The van der Waals surface area contributed by atoms with E-state index in [1.54, 1.807) is 31.4 Å². The van der Waals surface area contributed by atoms with Crippen LogP contribution in [0.5, 0.6) is 5.75 Å². The lowest BCUT2D eigenvalue weighted by Crippen LogP contribution is -2.56. The maximum absolute atomic E-state index is 12.4. The van der Waals surface area contributed by atoms with E-state index in [0.717, 1.165) is 32.4 Å². The second kappa shape index (κ2) is 7.73. The number of rotatable bonds is 4. The Morgan fingerprint density at radius 1 is 1.18 bits per heavy atom. The Kier molecular flexibility index (Phi) is 6.21. The van der Waals surface area contributed by atoms with E-state index in [-0.39, 0.29) is 5.91 Å². The monoisotopic (exact) mass is 364 g/mol. The molecule has 1 aromatic carbocycles. The first-order valence-corrected chi connectivity index (χ1v) is 8.31. The molecule has 1 aliphatic rings. The number of likely N-dealkylation sites (tertiary alicyclic amines) is 1. The molecular weight excluding hydrogens is 347 g/mol. The fraction of sp³-hybridized carbons (Fsp3) is 0.533. The summed E-state index contributed by atoms with van der Waals surface area (Å²) in [6.07, 6.45) is 2.59. The van der Waals surface area contributed by atoms with E-state index in [9.17, 15) is 4.79 Å². The molecule has 1 aromatic rings. The Balaban J connectivity index is 2.09. The maximum atomic E-state index is 12.4. The van der Waals surface area contributed by atoms with Crippen LogP contribution < -0.4 is 10.1 Å². The summed E-state index contributed by atoms with van der Waals surface area (Å²) in [5, 5.41) is 2.83. The summed E-state index contributed by atoms with van der Waals surface area (Å²) < 4.78 is 3.49. The van der Waals surface area contributed by atoms with Gasteiger partial charge in [-0.3, -0.25) is 9.69 Å². The minimum absolute atomic E-state index is 0.274. The number of ether oxygens (including phenoxy) is 1. The Bertz CT molecular complexity index is 497. The predicted octanol–water partition coefficient (Wildman–Crippen LogP) is 3.61. The van der Waals surface area contributed by atoms with E-state index in [1.807, 2.05) is 4.90 Å². The van der Waals surface area contributed by atoms with Gasteiger partial charge in [0, 0.05) is 18.7 Å². The minimum atomic E-state index is -1.58. The molecule has 1 N–H and O–H groups in total. The van der Waals surface area contributed by atoms with Crippen LogP contribution in [0.25, 0.3) is 0 Å². The summed E-state index contributed by atoms with van der Waals surface area (Å²) in [6, 6.07) is 6.81. The van der Waals surface area contributed by atoms with Gasteiger partial charge in [0.15, 0.2) is 0 Å². The molecule has 0 unspecified atom stereocenters. The van der Waals surface area contributed by atoms with Crippen LogP contribution in [0.1, 0.15) is 29.6 Å². The summed E-state index contributed by atoms with van der Waals surface area (Å²) in [7, 11) is 1.57. The van der Waals surface area contributed by atoms with Crippen molar-refractivity contribution in [1.82, 2.24) is 10.2 Å². The summed E-state index contributed by atoms with van der Waals surface area (Å²) >= 11 is 18.2. The smallest absolute Gasteiger partial charge is 0.252 e. The van der Waals surface area contributed by atoms with Gasteiger partial charge < -0.3 is 10.1 Å². The molecule has 0 aliphatic carbocycles. The van der Waals surface area contributed by atoms with Crippen molar-refractivity contribution in [2.75, 3.05) is 20.2 Å². The Morgan fingerprint density at radius 2 is 1.77 bits per heavy atom. The fourth-order valence-corrected chi connectivity index (χ4v) is 3.08. The Labute approximate surface area is 145 Å². The molecule has 1 fully saturated rings. The molecule has 1 saturated heterocycles. The number of nitrogens with zero attached hydrogens (tertiary/aromatic N) is 1. The van der Waals surface area contributed by atoms with Crippen molar-refractivity contribution < 1.29 is 9.53 Å². The lowest BCUT2D eigenvalue weighted by Gasteiger charge is -2.38. The van der Waals surface area contributed by atoms with Gasteiger partial charge in [0.2, 0.25) is 3.79 Å². The number of carbonyl (C=O) groups excluding carboxylic acids is 1. The summed E-state index contributed by atoms with van der Waals surface area (Å²) in [5.41, 5.74) is 0.497. The number of nitrogens with one attached hydrogen (secondary N) is 1. The molecular formula is C15H19Cl3N2O2. The van der Waals surface area contributed by atoms with Gasteiger partial charge in [-0.1, -0.05) is 41.2 Å². The van der Waals surface area contributed by atoms with Crippen molar-refractivity contribution >= 4 is 40.7 Å². The first kappa shape index (κ1) is 17.7. The normalized spacial score (nSPS) is 17.8. The second-order valence-corrected chi connectivity index (χ2v) is 7.61. The zero-order valence-corrected chi connectivity index (χ0v) is 14.6. The van der Waals surface area contributed by atoms with Gasteiger partial charge in [-0.2, -0.15) is 0 Å². The van der Waals surface area contributed by atoms with Crippen LogP contribution >= 0.6 is 34.8 Å². The number of alkyl halides is 3. The third-order valence-corrected chi connectivity index (χ3v) is 4.31. The molecule has 0 saturated carbocycles. The quantitative estimate of drug-likeness (QED) is 0.829. The van der Waals surface area contributed by atoms with Gasteiger partial charge in [0.05, 0.1) is 7.11 Å². The SMILES string of the molecule is COc1ccc(C(=O)N[C@H](N2CCCCC2)C(Cl)(Cl)Cl)cc1. The number of halogens is 3. The van der Waals surface area contributed by atoms with Crippen molar-refractivity contribution in [2.45, 2.75) is 29.2 Å². The van der Waals surface area contributed by atoms with Crippen LogP contribution in [0.15, 0.2) is 24.3 Å². The first-order chi connectivity index (χ1) is 10.4. The van der Waals surface area contributed by atoms with E-state index < -0.39 is 9.96 Å². The highest BCUT2D eigenvalue weighted by atomic mass is 35.6. The van der Waals surface area contributed by atoms with E-state index >= 15 is 0 Å². The molecule has 122 valence electrons. The zero-order chi connectivity index (χ0) is 16.2. The van der Waals surface area contributed by atoms with Crippen LogP contribution in [0.2, 0.25) is 0 Å². The number of carbonyl (C=O) groups is 1. The average molecular weight is 366 g/mol. The first-order valence-electron chi connectivity index (χ1n) is 7.17. The van der Waals surface area contributed by atoms with Crippen molar-refractivity contribution in [1.29, 1.82) is 0 Å². The van der Waals surface area contributed by atoms with Crippen LogP contribution in [0.3, 0.4) is 0 Å². The molecule has 0 aromatic heterocycles. The topological polar surface area (TPSA) is 41.6 Å². The molecule has 1 amide bonds. The van der Waals surface area contributed by atoms with Gasteiger partial charge >= 0.3 is 0 Å². The van der Waals surface area contributed by atoms with Gasteiger partial charge in [-0.15, -0.1) is 0 Å². The minimum Gasteiger partial charge on any atom is -0.497 e. The van der Waals surface area contributed by atoms with Crippen LogP contribution in [-0.2, 0) is 0 Å². The number of hydrogen-bond acceptors (Lipinski definition) is 3. The molecule has 7 heteroatoms. The zero-order valence-electron chi connectivity index (χ0n) is 12.3. The van der Waals surface area contributed by atoms with Crippen LogP contribution in [0.4, 0.5) is 0 Å². The van der Waals surface area contributed by atoms with Crippen molar-refractivity contribution in [2.24, 2.45) is 0 Å². The van der Waals surface area contributed by atoms with Gasteiger partial charge in [-0.05, 0) is 37.1 Å². The maximum Gasteiger partial charge on any atom is 0.252 e. The molecule has 2 rings (SSSR count). The number of hydrogen-bond donors (Lipinski definition) is 1. The fourth-order valence-electron chi connectivity index (χ4n) is 2.51. The summed E-state index contributed by atoms with van der Waals surface area (Å²) in [6.45, 7) is 1.61. The van der Waals surface area contributed by atoms with Crippen molar-refractivity contribution in [3.8, 4) is 5.75 Å². The number of methoxy groups -OCH3 is 1. The number of piperidine rings is 1.